The Kier molecular flexibility index (Phi) is 9.91. The van der Waals surface area contributed by atoms with Gasteiger partial charge in [-0.25, -0.2) is 19.4 Å². The summed E-state index contributed by atoms with van der Waals surface area (Å²) in [6.07, 6.45) is 8.23. The number of amides is 1. The van der Waals surface area contributed by atoms with E-state index in [0.717, 1.165) is 62.9 Å². The molecule has 4 aliphatic rings. The SMILES string of the molecule is C=CC(=O)Nc1cc(Nc2cc(N3OCCC3c3ccc(F)c(Cl)c3)ncn2)c(OC)cc1N1CCC(N2CCN(C3CC3)C(C)C2)CC1. The Morgan fingerprint density at radius 1 is 1.04 bits per heavy atom. The molecule has 2 aromatic carbocycles. The lowest BCUT2D eigenvalue weighted by Crippen LogP contribution is -2.57. The Bertz CT molecular complexity index is 1680. The predicted molar refractivity (Wildman–Crippen MR) is 190 cm³/mol. The van der Waals surface area contributed by atoms with Crippen LogP contribution in [-0.4, -0.2) is 90.2 Å². The van der Waals surface area contributed by atoms with Crippen LogP contribution in [0.3, 0.4) is 0 Å². The summed E-state index contributed by atoms with van der Waals surface area (Å²) in [6.45, 7) is 11.7. The molecule has 11 nitrogen and oxygen atoms in total. The number of piperazine rings is 1. The van der Waals surface area contributed by atoms with Gasteiger partial charge in [-0.05, 0) is 62.4 Å². The van der Waals surface area contributed by atoms with Gasteiger partial charge in [0.25, 0.3) is 0 Å². The number of halogens is 2. The molecular weight excluding hydrogens is 647 g/mol. The van der Waals surface area contributed by atoms with E-state index in [1.165, 1.54) is 31.3 Å². The van der Waals surface area contributed by atoms with Crippen molar-refractivity contribution in [1.29, 1.82) is 0 Å². The van der Waals surface area contributed by atoms with Crippen LogP contribution >= 0.6 is 11.6 Å². The smallest absolute Gasteiger partial charge is 0.247 e. The average molecular weight is 691 g/mol. The summed E-state index contributed by atoms with van der Waals surface area (Å²) in [6, 6.07) is 12.1. The van der Waals surface area contributed by atoms with Gasteiger partial charge in [-0.1, -0.05) is 24.2 Å². The highest BCUT2D eigenvalue weighted by Crippen LogP contribution is 2.41. The maximum atomic E-state index is 13.9. The molecule has 4 fully saturated rings. The summed E-state index contributed by atoms with van der Waals surface area (Å²) in [5, 5.41) is 8.13. The zero-order valence-corrected chi connectivity index (χ0v) is 28.8. The first-order chi connectivity index (χ1) is 23.8. The van der Waals surface area contributed by atoms with Crippen LogP contribution in [0.5, 0.6) is 5.75 Å². The van der Waals surface area contributed by atoms with Crippen LogP contribution in [0, 0.1) is 5.82 Å². The van der Waals surface area contributed by atoms with E-state index in [9.17, 15) is 9.18 Å². The third kappa shape index (κ3) is 7.33. The predicted octanol–water partition coefficient (Wildman–Crippen LogP) is 6.17. The molecule has 260 valence electrons. The fourth-order valence-corrected chi connectivity index (χ4v) is 7.71. The Balaban J connectivity index is 1.08. The van der Waals surface area contributed by atoms with Crippen molar-refractivity contribution in [2.24, 2.45) is 0 Å². The third-order valence-electron chi connectivity index (χ3n) is 10.2. The number of hydrogen-bond donors (Lipinski definition) is 2. The number of hydrogen-bond acceptors (Lipinski definition) is 10. The van der Waals surface area contributed by atoms with Gasteiger partial charge in [0.15, 0.2) is 5.82 Å². The average Bonchev–Trinajstić information content (AvgIpc) is 3.84. The Morgan fingerprint density at radius 3 is 2.57 bits per heavy atom. The second-order valence-corrected chi connectivity index (χ2v) is 13.7. The first-order valence-corrected chi connectivity index (χ1v) is 17.6. The molecular formula is C36H44ClFN8O3. The van der Waals surface area contributed by atoms with Crippen LogP contribution in [0.25, 0.3) is 0 Å². The van der Waals surface area contributed by atoms with E-state index in [1.54, 1.807) is 30.4 Å². The van der Waals surface area contributed by atoms with Crippen molar-refractivity contribution in [1.82, 2.24) is 19.8 Å². The molecule has 3 aliphatic heterocycles. The molecule has 2 N–H and O–H groups in total. The van der Waals surface area contributed by atoms with Crippen molar-refractivity contribution in [3.05, 3.63) is 71.8 Å². The van der Waals surface area contributed by atoms with E-state index < -0.39 is 5.82 Å². The Hall–Kier alpha value is -3.97. The van der Waals surface area contributed by atoms with E-state index in [2.05, 4.69) is 48.8 Å². The lowest BCUT2D eigenvalue weighted by molar-refractivity contribution is -0.111. The first-order valence-electron chi connectivity index (χ1n) is 17.2. The van der Waals surface area contributed by atoms with E-state index >= 15 is 0 Å². The minimum atomic E-state index is -0.468. The van der Waals surface area contributed by atoms with Crippen LogP contribution < -0.4 is 25.3 Å². The fourth-order valence-electron chi connectivity index (χ4n) is 7.52. The number of ether oxygens (including phenoxy) is 1. The molecule has 2 atom stereocenters. The van der Waals surface area contributed by atoms with E-state index in [-0.39, 0.29) is 17.0 Å². The molecule has 0 radical (unpaired) electrons. The number of nitrogens with one attached hydrogen (secondary N) is 2. The number of carbonyl (C=O) groups excluding carboxylic acids is 1. The summed E-state index contributed by atoms with van der Waals surface area (Å²) in [5.41, 5.74) is 3.00. The molecule has 0 spiro atoms. The lowest BCUT2D eigenvalue weighted by atomic mass is 9.99. The highest BCUT2D eigenvalue weighted by atomic mass is 35.5. The lowest BCUT2D eigenvalue weighted by Gasteiger charge is -2.46. The van der Waals surface area contributed by atoms with Crippen molar-refractivity contribution in [2.75, 3.05) is 67.0 Å². The van der Waals surface area contributed by atoms with Crippen molar-refractivity contribution < 1.29 is 18.8 Å². The monoisotopic (exact) mass is 690 g/mol. The van der Waals surface area contributed by atoms with Crippen LogP contribution in [0.1, 0.15) is 50.6 Å². The zero-order valence-electron chi connectivity index (χ0n) is 28.1. The highest BCUT2D eigenvalue weighted by molar-refractivity contribution is 6.30. The Labute approximate surface area is 292 Å². The van der Waals surface area contributed by atoms with Crippen molar-refractivity contribution >= 4 is 46.2 Å². The molecule has 3 aromatic rings. The molecule has 2 unspecified atom stereocenters. The van der Waals surface area contributed by atoms with Crippen LogP contribution in [0.2, 0.25) is 5.02 Å². The summed E-state index contributed by atoms with van der Waals surface area (Å²) >= 11 is 6.08. The van der Waals surface area contributed by atoms with Gasteiger partial charge in [-0.3, -0.25) is 19.4 Å². The molecule has 1 aromatic heterocycles. The number of carbonyl (C=O) groups is 1. The molecule has 0 bridgehead atoms. The minimum Gasteiger partial charge on any atom is -0.494 e. The van der Waals surface area contributed by atoms with Gasteiger partial charge in [0.05, 0.1) is 41.8 Å². The van der Waals surface area contributed by atoms with Crippen LogP contribution in [0.15, 0.2) is 55.4 Å². The van der Waals surface area contributed by atoms with Crippen molar-refractivity contribution in [3.63, 3.8) is 0 Å². The maximum absolute atomic E-state index is 13.9. The number of anilines is 5. The molecule has 1 aliphatic carbocycles. The van der Waals surface area contributed by atoms with Crippen molar-refractivity contribution in [2.45, 2.75) is 63.2 Å². The normalized spacial score (nSPS) is 22.3. The highest BCUT2D eigenvalue weighted by Gasteiger charge is 2.38. The third-order valence-corrected chi connectivity index (χ3v) is 10.5. The molecule has 1 saturated carbocycles. The number of rotatable bonds is 10. The standard InChI is InChI=1S/C36H44ClFN8O3/c1-4-36(47)42-29-18-30(41-34-20-35(40-22-39-34)46-31(11-16-49-46)24-5-8-28(38)27(37)17-24)33(48-3)19-32(29)43-12-9-25(10-13-43)44-14-15-45(23(2)21-44)26-6-7-26/h4-5,8,17-20,22-23,25-26,31H,1,6-7,9-16,21H2,2-3H3,(H,42,47)(H,39,40,41). The number of benzene rings is 2. The van der Waals surface area contributed by atoms with Gasteiger partial charge >= 0.3 is 0 Å². The molecule has 4 heterocycles. The number of aromatic nitrogens is 2. The number of piperidine rings is 1. The number of hydroxylamine groups is 1. The Morgan fingerprint density at radius 2 is 1.86 bits per heavy atom. The topological polar surface area (TPSA) is 98.3 Å². The molecule has 49 heavy (non-hydrogen) atoms. The number of nitrogens with zero attached hydrogens (tertiary/aromatic N) is 6. The van der Waals surface area contributed by atoms with Gasteiger partial charge in [0.2, 0.25) is 5.91 Å². The van der Waals surface area contributed by atoms with Crippen LogP contribution in [0.4, 0.5) is 33.1 Å². The van der Waals surface area contributed by atoms with E-state index in [0.29, 0.717) is 53.9 Å². The molecule has 3 saturated heterocycles. The summed E-state index contributed by atoms with van der Waals surface area (Å²) in [4.78, 5) is 35.2. The largest absolute Gasteiger partial charge is 0.494 e. The first kappa shape index (κ1) is 33.5. The maximum Gasteiger partial charge on any atom is 0.247 e. The van der Waals surface area contributed by atoms with E-state index in [1.807, 2.05) is 12.1 Å². The molecule has 1 amide bonds. The minimum absolute atomic E-state index is 0.0606. The van der Waals surface area contributed by atoms with Gasteiger partial charge in [-0.15, -0.1) is 0 Å². The summed E-state index contributed by atoms with van der Waals surface area (Å²) in [5.74, 6) is 0.875. The van der Waals surface area contributed by atoms with Gasteiger partial charge in [0, 0.05) is 69.4 Å². The van der Waals surface area contributed by atoms with Gasteiger partial charge < -0.3 is 20.3 Å². The van der Waals surface area contributed by atoms with Crippen LogP contribution in [-0.2, 0) is 9.63 Å². The molecule has 7 rings (SSSR count). The second kappa shape index (κ2) is 14.5. The fraction of sp³-hybridized carbons (Fsp3) is 0.472. The zero-order chi connectivity index (χ0) is 34.1. The van der Waals surface area contributed by atoms with Gasteiger partial charge in [0.1, 0.15) is 23.7 Å². The summed E-state index contributed by atoms with van der Waals surface area (Å²) < 4.78 is 19.7. The number of methoxy groups -OCH3 is 1. The summed E-state index contributed by atoms with van der Waals surface area (Å²) in [7, 11) is 1.63. The quantitative estimate of drug-likeness (QED) is 0.241. The molecule has 13 heteroatoms. The van der Waals surface area contributed by atoms with Gasteiger partial charge in [-0.2, -0.15) is 0 Å². The second-order valence-electron chi connectivity index (χ2n) is 13.3. The van der Waals surface area contributed by atoms with E-state index in [4.69, 9.17) is 21.2 Å². The van der Waals surface area contributed by atoms with Crippen molar-refractivity contribution in [3.8, 4) is 5.75 Å².